The molecule has 1 saturated heterocycles. The third-order valence-electron chi connectivity index (χ3n) is 4.54. The molecule has 1 aromatic carbocycles. The Hall–Kier alpha value is -1.19. The molecule has 3 heteroatoms. The van der Waals surface area contributed by atoms with Crippen LogP contribution in [-0.2, 0) is 9.53 Å². The molecule has 1 aliphatic heterocycles. The van der Waals surface area contributed by atoms with Crippen LogP contribution in [0.15, 0.2) is 30.3 Å². The summed E-state index contributed by atoms with van der Waals surface area (Å²) in [5, 5.41) is 10.2. The summed E-state index contributed by atoms with van der Waals surface area (Å²) < 4.78 is 5.83. The predicted octanol–water partition coefficient (Wildman–Crippen LogP) is 2.64. The van der Waals surface area contributed by atoms with E-state index >= 15 is 0 Å². The summed E-state index contributed by atoms with van der Waals surface area (Å²) in [5.74, 6) is -0.0926. The van der Waals surface area contributed by atoms with Crippen molar-refractivity contribution in [2.75, 3.05) is 6.61 Å². The zero-order valence-corrected chi connectivity index (χ0v) is 11.0. The van der Waals surface area contributed by atoms with Crippen molar-refractivity contribution in [2.24, 2.45) is 5.92 Å². The molecular weight excluding hydrogens is 240 g/mol. The van der Waals surface area contributed by atoms with E-state index in [0.717, 1.165) is 25.7 Å². The third kappa shape index (κ3) is 2.45. The molecule has 1 aliphatic carbocycles. The number of benzene rings is 1. The molecule has 1 N–H and O–H groups in total. The minimum absolute atomic E-state index is 0.0409. The molecule has 0 bridgehead atoms. The number of aliphatic hydroxyl groups is 1. The molecule has 3 nitrogen and oxygen atoms in total. The highest BCUT2D eigenvalue weighted by atomic mass is 16.5. The number of hydrogen-bond donors (Lipinski definition) is 1. The van der Waals surface area contributed by atoms with E-state index in [9.17, 15) is 9.90 Å². The highest BCUT2D eigenvalue weighted by molar-refractivity contribution is 5.86. The Morgan fingerprint density at radius 1 is 1.32 bits per heavy atom. The van der Waals surface area contributed by atoms with E-state index in [1.54, 1.807) is 12.1 Å². The number of Topliss-reactive ketones (excluding diaryl/α,β-unsaturated/α-hetero) is 1. The SMILES string of the molecule is O=C(C1CCOC2(CCC2)C1)C(O)c1ccccc1. The largest absolute Gasteiger partial charge is 0.381 e. The summed E-state index contributed by atoms with van der Waals surface area (Å²) in [6.07, 6.45) is 3.88. The molecule has 2 unspecified atom stereocenters. The predicted molar refractivity (Wildman–Crippen MR) is 71.7 cm³/mol. The van der Waals surface area contributed by atoms with E-state index < -0.39 is 6.10 Å². The molecule has 1 spiro atoms. The van der Waals surface area contributed by atoms with Gasteiger partial charge in [0.25, 0.3) is 0 Å². The number of hydrogen-bond acceptors (Lipinski definition) is 3. The lowest BCUT2D eigenvalue weighted by Gasteiger charge is -2.47. The van der Waals surface area contributed by atoms with E-state index in [1.807, 2.05) is 18.2 Å². The molecule has 0 aromatic heterocycles. The van der Waals surface area contributed by atoms with E-state index in [0.29, 0.717) is 12.2 Å². The topological polar surface area (TPSA) is 46.5 Å². The lowest BCUT2D eigenvalue weighted by Crippen LogP contribution is -2.47. The molecular formula is C16H20O3. The summed E-state index contributed by atoms with van der Waals surface area (Å²) in [4.78, 5) is 12.4. The van der Waals surface area contributed by atoms with Gasteiger partial charge in [0.2, 0.25) is 0 Å². The van der Waals surface area contributed by atoms with E-state index in [-0.39, 0.29) is 17.3 Å². The van der Waals surface area contributed by atoms with Gasteiger partial charge in [0, 0.05) is 12.5 Å². The van der Waals surface area contributed by atoms with Crippen LogP contribution in [-0.4, -0.2) is 23.1 Å². The maximum absolute atomic E-state index is 12.4. The molecule has 0 amide bonds. The Morgan fingerprint density at radius 2 is 2.05 bits per heavy atom. The van der Waals surface area contributed by atoms with Gasteiger partial charge in [0.05, 0.1) is 5.60 Å². The van der Waals surface area contributed by atoms with Crippen molar-refractivity contribution < 1.29 is 14.6 Å². The number of aliphatic hydroxyl groups excluding tert-OH is 1. The molecule has 2 aliphatic rings. The summed E-state index contributed by atoms with van der Waals surface area (Å²) in [5.41, 5.74) is 0.649. The smallest absolute Gasteiger partial charge is 0.169 e. The van der Waals surface area contributed by atoms with Crippen molar-refractivity contribution in [3.05, 3.63) is 35.9 Å². The first-order chi connectivity index (χ1) is 9.20. The molecule has 0 radical (unpaired) electrons. The van der Waals surface area contributed by atoms with Crippen molar-refractivity contribution in [3.63, 3.8) is 0 Å². The van der Waals surface area contributed by atoms with Gasteiger partial charge in [-0.25, -0.2) is 0 Å². The average Bonchev–Trinajstić information content (AvgIpc) is 2.45. The van der Waals surface area contributed by atoms with Gasteiger partial charge in [0.1, 0.15) is 6.10 Å². The van der Waals surface area contributed by atoms with Crippen LogP contribution in [0.5, 0.6) is 0 Å². The standard InChI is InChI=1S/C16H20O3/c17-14(12-5-2-1-3-6-12)15(18)13-7-10-19-16(11-13)8-4-9-16/h1-3,5-6,13-14,17H,4,7-11H2. The molecule has 2 atom stereocenters. The number of ketones is 1. The summed E-state index contributed by atoms with van der Waals surface area (Å²) in [6, 6.07) is 9.20. The Labute approximate surface area is 113 Å². The van der Waals surface area contributed by atoms with Crippen LogP contribution in [0.1, 0.15) is 43.8 Å². The van der Waals surface area contributed by atoms with Crippen LogP contribution >= 0.6 is 0 Å². The third-order valence-corrected chi connectivity index (χ3v) is 4.54. The lowest BCUT2D eigenvalue weighted by molar-refractivity contribution is -0.160. The van der Waals surface area contributed by atoms with E-state index in [4.69, 9.17) is 4.74 Å². The number of carbonyl (C=O) groups is 1. The van der Waals surface area contributed by atoms with Crippen LogP contribution in [0.4, 0.5) is 0 Å². The summed E-state index contributed by atoms with van der Waals surface area (Å²) in [6.45, 7) is 0.651. The fourth-order valence-corrected chi connectivity index (χ4v) is 3.21. The Balaban J connectivity index is 1.69. The van der Waals surface area contributed by atoms with Crippen LogP contribution < -0.4 is 0 Å². The molecule has 1 heterocycles. The molecule has 102 valence electrons. The van der Waals surface area contributed by atoms with Crippen molar-refractivity contribution >= 4 is 5.78 Å². The highest BCUT2D eigenvalue weighted by Crippen LogP contribution is 2.45. The fraction of sp³-hybridized carbons (Fsp3) is 0.562. The maximum atomic E-state index is 12.4. The minimum atomic E-state index is -0.985. The van der Waals surface area contributed by atoms with Crippen molar-refractivity contribution in [1.82, 2.24) is 0 Å². The first-order valence-electron chi connectivity index (χ1n) is 7.11. The van der Waals surface area contributed by atoms with E-state index in [2.05, 4.69) is 0 Å². The fourth-order valence-electron chi connectivity index (χ4n) is 3.21. The van der Waals surface area contributed by atoms with Gasteiger partial charge >= 0.3 is 0 Å². The zero-order chi connectivity index (χ0) is 13.3. The molecule has 19 heavy (non-hydrogen) atoms. The first kappa shape index (κ1) is 12.8. The van der Waals surface area contributed by atoms with Gasteiger partial charge < -0.3 is 9.84 Å². The van der Waals surface area contributed by atoms with Gasteiger partial charge in [-0.05, 0) is 37.7 Å². The lowest BCUT2D eigenvalue weighted by atomic mass is 9.70. The monoisotopic (exact) mass is 260 g/mol. The minimum Gasteiger partial charge on any atom is -0.381 e. The molecule has 1 aromatic rings. The van der Waals surface area contributed by atoms with Crippen molar-refractivity contribution in [2.45, 2.75) is 43.8 Å². The van der Waals surface area contributed by atoms with Crippen LogP contribution in [0, 0.1) is 5.92 Å². The number of ether oxygens (including phenoxy) is 1. The van der Waals surface area contributed by atoms with Crippen LogP contribution in [0.2, 0.25) is 0 Å². The summed E-state index contributed by atoms with van der Waals surface area (Å²) >= 11 is 0. The van der Waals surface area contributed by atoms with Gasteiger partial charge in [-0.15, -0.1) is 0 Å². The Kier molecular flexibility index (Phi) is 3.42. The Morgan fingerprint density at radius 3 is 2.68 bits per heavy atom. The quantitative estimate of drug-likeness (QED) is 0.908. The first-order valence-corrected chi connectivity index (χ1v) is 7.11. The van der Waals surface area contributed by atoms with Crippen molar-refractivity contribution in [1.29, 1.82) is 0 Å². The average molecular weight is 260 g/mol. The summed E-state index contributed by atoms with van der Waals surface area (Å²) in [7, 11) is 0. The number of carbonyl (C=O) groups excluding carboxylic acids is 1. The second-order valence-corrected chi connectivity index (χ2v) is 5.79. The van der Waals surface area contributed by atoms with Crippen LogP contribution in [0.3, 0.4) is 0 Å². The zero-order valence-electron chi connectivity index (χ0n) is 11.0. The normalized spacial score (nSPS) is 26.7. The Bertz CT molecular complexity index is 450. The second-order valence-electron chi connectivity index (χ2n) is 5.79. The van der Waals surface area contributed by atoms with Gasteiger partial charge in [-0.1, -0.05) is 30.3 Å². The molecule has 1 saturated carbocycles. The molecule has 2 fully saturated rings. The highest BCUT2D eigenvalue weighted by Gasteiger charge is 2.45. The van der Waals surface area contributed by atoms with Crippen LogP contribution in [0.25, 0.3) is 0 Å². The van der Waals surface area contributed by atoms with E-state index in [1.165, 1.54) is 6.42 Å². The number of rotatable bonds is 3. The van der Waals surface area contributed by atoms with Crippen molar-refractivity contribution in [3.8, 4) is 0 Å². The van der Waals surface area contributed by atoms with Gasteiger partial charge in [-0.3, -0.25) is 4.79 Å². The maximum Gasteiger partial charge on any atom is 0.169 e. The molecule has 3 rings (SSSR count). The van der Waals surface area contributed by atoms with Gasteiger partial charge in [0.15, 0.2) is 5.78 Å². The second kappa shape index (κ2) is 5.06. The van der Waals surface area contributed by atoms with Gasteiger partial charge in [-0.2, -0.15) is 0 Å².